The van der Waals surface area contributed by atoms with Gasteiger partial charge in [-0.15, -0.1) is 0 Å². The molecule has 0 atom stereocenters. The molecule has 108 valence electrons. The second kappa shape index (κ2) is 4.87. The van der Waals surface area contributed by atoms with Crippen molar-refractivity contribution in [1.29, 1.82) is 0 Å². The summed E-state index contributed by atoms with van der Waals surface area (Å²) in [5.41, 5.74) is 2.38. The van der Waals surface area contributed by atoms with Crippen LogP contribution in [-0.4, -0.2) is 30.3 Å². The molecule has 0 spiro atoms. The van der Waals surface area contributed by atoms with Crippen LogP contribution in [0.15, 0.2) is 18.2 Å². The third-order valence-corrected chi connectivity index (χ3v) is 5.41. The average molecular weight is 272 g/mol. The topological polar surface area (TPSA) is 26.7 Å². The number of hydrogen-bond acceptors (Lipinski definition) is 3. The SMILES string of the molecule is Oc1ccc(N2CCCCC2)cc1N1C2CCC1CC2. The minimum atomic E-state index is 0.463. The number of aromatic hydroxyl groups is 1. The normalized spacial score (nSPS) is 29.2. The highest BCUT2D eigenvalue weighted by Gasteiger charge is 2.40. The second-order valence-electron chi connectivity index (χ2n) is 6.59. The summed E-state index contributed by atoms with van der Waals surface area (Å²) in [7, 11) is 0. The van der Waals surface area contributed by atoms with Gasteiger partial charge in [-0.2, -0.15) is 0 Å². The molecule has 0 aliphatic carbocycles. The zero-order valence-corrected chi connectivity index (χ0v) is 12.1. The molecular weight excluding hydrogens is 248 g/mol. The minimum Gasteiger partial charge on any atom is -0.506 e. The summed E-state index contributed by atoms with van der Waals surface area (Å²) < 4.78 is 0. The van der Waals surface area contributed by atoms with Gasteiger partial charge in [0.15, 0.2) is 0 Å². The number of nitrogens with zero attached hydrogens (tertiary/aromatic N) is 2. The largest absolute Gasteiger partial charge is 0.506 e. The minimum absolute atomic E-state index is 0.463. The first kappa shape index (κ1) is 12.4. The zero-order chi connectivity index (χ0) is 13.5. The van der Waals surface area contributed by atoms with Crippen molar-refractivity contribution in [3.05, 3.63) is 18.2 Å². The molecule has 1 N–H and O–H groups in total. The van der Waals surface area contributed by atoms with Crippen molar-refractivity contribution in [1.82, 2.24) is 0 Å². The summed E-state index contributed by atoms with van der Waals surface area (Å²) in [5, 5.41) is 10.3. The van der Waals surface area contributed by atoms with Gasteiger partial charge in [0, 0.05) is 30.9 Å². The smallest absolute Gasteiger partial charge is 0.139 e. The Balaban J connectivity index is 1.65. The molecule has 0 radical (unpaired) electrons. The molecule has 3 aliphatic rings. The molecule has 3 heterocycles. The third kappa shape index (κ3) is 1.95. The number of phenolic OH excluding ortho intramolecular Hbond substituents is 1. The summed E-state index contributed by atoms with van der Waals surface area (Å²) in [5.74, 6) is 0.463. The molecule has 1 aromatic carbocycles. The van der Waals surface area contributed by atoms with Gasteiger partial charge in [-0.05, 0) is 63.1 Å². The standard InChI is InChI=1S/C17H24N2O/c20-17-9-8-15(18-10-2-1-3-11-18)12-16(17)19-13-4-5-14(19)7-6-13/h8-9,12-14,20H,1-7,10-11H2. The van der Waals surface area contributed by atoms with Gasteiger partial charge in [-0.3, -0.25) is 0 Å². The number of anilines is 2. The lowest BCUT2D eigenvalue weighted by Crippen LogP contribution is -2.31. The highest BCUT2D eigenvalue weighted by atomic mass is 16.3. The Morgan fingerprint density at radius 1 is 0.900 bits per heavy atom. The van der Waals surface area contributed by atoms with Gasteiger partial charge in [-0.1, -0.05) is 0 Å². The van der Waals surface area contributed by atoms with Gasteiger partial charge in [0.05, 0.1) is 5.69 Å². The molecule has 0 amide bonds. The highest BCUT2D eigenvalue weighted by molar-refractivity contribution is 5.68. The van der Waals surface area contributed by atoms with Crippen LogP contribution in [-0.2, 0) is 0 Å². The maximum atomic E-state index is 10.3. The number of hydrogen-bond donors (Lipinski definition) is 1. The van der Waals surface area contributed by atoms with E-state index in [2.05, 4.69) is 21.9 Å². The van der Waals surface area contributed by atoms with Gasteiger partial charge < -0.3 is 14.9 Å². The monoisotopic (exact) mass is 272 g/mol. The van der Waals surface area contributed by atoms with Crippen molar-refractivity contribution in [2.24, 2.45) is 0 Å². The summed E-state index contributed by atoms with van der Waals surface area (Å²) >= 11 is 0. The number of benzene rings is 1. The molecule has 3 aliphatic heterocycles. The van der Waals surface area contributed by atoms with E-state index in [0.717, 1.165) is 18.8 Å². The van der Waals surface area contributed by atoms with Crippen LogP contribution in [0.4, 0.5) is 11.4 Å². The van der Waals surface area contributed by atoms with E-state index in [1.54, 1.807) is 0 Å². The summed E-state index contributed by atoms with van der Waals surface area (Å²) in [4.78, 5) is 4.98. The molecule has 0 saturated carbocycles. The van der Waals surface area contributed by atoms with Gasteiger partial charge in [0.2, 0.25) is 0 Å². The van der Waals surface area contributed by atoms with E-state index in [9.17, 15) is 5.11 Å². The Hall–Kier alpha value is -1.38. The maximum Gasteiger partial charge on any atom is 0.139 e. The van der Waals surface area contributed by atoms with Gasteiger partial charge in [-0.25, -0.2) is 0 Å². The number of fused-ring (bicyclic) bond motifs is 2. The van der Waals surface area contributed by atoms with Crippen LogP contribution >= 0.6 is 0 Å². The van der Waals surface area contributed by atoms with Crippen LogP contribution in [0.1, 0.15) is 44.9 Å². The zero-order valence-electron chi connectivity index (χ0n) is 12.1. The number of phenols is 1. The van der Waals surface area contributed by atoms with Gasteiger partial charge >= 0.3 is 0 Å². The predicted octanol–water partition coefficient (Wildman–Crippen LogP) is 3.51. The fourth-order valence-electron chi connectivity index (χ4n) is 4.37. The van der Waals surface area contributed by atoms with E-state index in [4.69, 9.17) is 0 Å². The van der Waals surface area contributed by atoms with Crippen molar-refractivity contribution in [2.75, 3.05) is 22.9 Å². The molecule has 0 aromatic heterocycles. The van der Waals surface area contributed by atoms with Crippen LogP contribution in [0.3, 0.4) is 0 Å². The lowest BCUT2D eigenvalue weighted by molar-refractivity contribution is 0.473. The van der Waals surface area contributed by atoms with E-state index in [-0.39, 0.29) is 0 Å². The maximum absolute atomic E-state index is 10.3. The molecule has 3 heteroatoms. The Labute approximate surface area is 121 Å². The Kier molecular flexibility index (Phi) is 3.01. The Morgan fingerprint density at radius 2 is 1.55 bits per heavy atom. The Bertz CT molecular complexity index is 476. The highest BCUT2D eigenvalue weighted by Crippen LogP contribution is 2.45. The third-order valence-electron chi connectivity index (χ3n) is 5.41. The van der Waals surface area contributed by atoms with E-state index < -0.39 is 0 Å². The Morgan fingerprint density at radius 3 is 2.20 bits per heavy atom. The van der Waals surface area contributed by atoms with Crippen LogP contribution in [0.5, 0.6) is 5.75 Å². The molecule has 3 nitrogen and oxygen atoms in total. The van der Waals surface area contributed by atoms with Crippen molar-refractivity contribution in [3.8, 4) is 5.75 Å². The van der Waals surface area contributed by atoms with Crippen LogP contribution < -0.4 is 9.80 Å². The molecule has 20 heavy (non-hydrogen) atoms. The van der Waals surface area contributed by atoms with E-state index >= 15 is 0 Å². The summed E-state index contributed by atoms with van der Waals surface area (Å²) in [6.07, 6.45) is 9.17. The fraction of sp³-hybridized carbons (Fsp3) is 0.647. The fourth-order valence-corrected chi connectivity index (χ4v) is 4.37. The molecule has 2 bridgehead atoms. The molecular formula is C17H24N2O. The van der Waals surface area contributed by atoms with Crippen molar-refractivity contribution >= 4 is 11.4 Å². The van der Waals surface area contributed by atoms with Crippen LogP contribution in [0, 0.1) is 0 Å². The predicted molar refractivity (Wildman–Crippen MR) is 82.7 cm³/mol. The molecule has 1 aromatic rings. The average Bonchev–Trinajstić information content (AvgIpc) is 3.09. The first-order chi connectivity index (χ1) is 9.83. The quantitative estimate of drug-likeness (QED) is 0.892. The van der Waals surface area contributed by atoms with E-state index in [1.165, 1.54) is 50.6 Å². The molecule has 0 unspecified atom stereocenters. The second-order valence-corrected chi connectivity index (χ2v) is 6.59. The van der Waals surface area contributed by atoms with E-state index in [0.29, 0.717) is 17.8 Å². The first-order valence-electron chi connectivity index (χ1n) is 8.19. The molecule has 3 saturated heterocycles. The lowest BCUT2D eigenvalue weighted by atomic mass is 10.0. The van der Waals surface area contributed by atoms with Crippen LogP contribution in [0.2, 0.25) is 0 Å². The number of rotatable bonds is 2. The van der Waals surface area contributed by atoms with Crippen molar-refractivity contribution in [3.63, 3.8) is 0 Å². The summed E-state index contributed by atoms with van der Waals surface area (Å²) in [6.45, 7) is 2.33. The van der Waals surface area contributed by atoms with Gasteiger partial charge in [0.1, 0.15) is 5.75 Å². The van der Waals surface area contributed by atoms with Crippen LogP contribution in [0.25, 0.3) is 0 Å². The lowest BCUT2D eigenvalue weighted by Gasteiger charge is -2.31. The molecule has 3 fully saturated rings. The first-order valence-corrected chi connectivity index (χ1v) is 8.19. The summed E-state index contributed by atoms with van der Waals surface area (Å²) in [6, 6.07) is 7.56. The van der Waals surface area contributed by atoms with Crippen molar-refractivity contribution in [2.45, 2.75) is 57.0 Å². The number of piperidine rings is 1. The molecule has 4 rings (SSSR count). The van der Waals surface area contributed by atoms with Gasteiger partial charge in [0.25, 0.3) is 0 Å². The van der Waals surface area contributed by atoms with Crippen molar-refractivity contribution < 1.29 is 5.11 Å². The van der Waals surface area contributed by atoms with E-state index in [1.807, 2.05) is 6.07 Å².